The number of nitrogens with two attached hydrogens (primary N) is 1. The maximum Gasteiger partial charge on any atom is 0.390 e. The standard InChI is InChI=1S/C18H27F3N2/c1-5-13-10-15-16(11-14(13)12(2)22)23(8-6-17(15,3)4)9-7-18(19,20)21/h10-12H,5-9,22H2,1-4H3. The highest BCUT2D eigenvalue weighted by atomic mass is 19.4. The molecule has 0 bridgehead atoms. The summed E-state index contributed by atoms with van der Waals surface area (Å²) in [4.78, 5) is 1.87. The summed E-state index contributed by atoms with van der Waals surface area (Å²) in [6, 6.07) is 4.06. The van der Waals surface area contributed by atoms with Crippen molar-refractivity contribution < 1.29 is 13.2 Å². The van der Waals surface area contributed by atoms with Gasteiger partial charge in [0, 0.05) is 24.8 Å². The van der Waals surface area contributed by atoms with Crippen molar-refractivity contribution in [2.75, 3.05) is 18.0 Å². The van der Waals surface area contributed by atoms with E-state index in [0.717, 1.165) is 29.7 Å². The van der Waals surface area contributed by atoms with Crippen LogP contribution in [0.3, 0.4) is 0 Å². The first-order chi connectivity index (χ1) is 10.5. The smallest absolute Gasteiger partial charge is 0.371 e. The van der Waals surface area contributed by atoms with Gasteiger partial charge in [-0.15, -0.1) is 0 Å². The van der Waals surface area contributed by atoms with E-state index in [1.54, 1.807) is 0 Å². The largest absolute Gasteiger partial charge is 0.390 e. The number of nitrogens with zero attached hydrogens (tertiary/aromatic N) is 1. The molecule has 2 rings (SSSR count). The van der Waals surface area contributed by atoms with Crippen molar-refractivity contribution in [3.63, 3.8) is 0 Å². The second-order valence-electron chi connectivity index (χ2n) is 7.20. The van der Waals surface area contributed by atoms with Crippen LogP contribution in [0, 0.1) is 0 Å². The Hall–Kier alpha value is -1.23. The molecule has 2 nitrogen and oxygen atoms in total. The number of fused-ring (bicyclic) bond motifs is 1. The van der Waals surface area contributed by atoms with Crippen molar-refractivity contribution in [1.29, 1.82) is 0 Å². The Morgan fingerprint density at radius 3 is 2.48 bits per heavy atom. The Morgan fingerprint density at radius 2 is 1.96 bits per heavy atom. The molecule has 0 fully saturated rings. The Labute approximate surface area is 136 Å². The van der Waals surface area contributed by atoms with Crippen LogP contribution < -0.4 is 10.6 Å². The van der Waals surface area contributed by atoms with E-state index in [2.05, 4.69) is 26.8 Å². The zero-order valence-electron chi connectivity index (χ0n) is 14.4. The molecule has 1 atom stereocenters. The first kappa shape index (κ1) is 18.1. The molecule has 0 aromatic heterocycles. The SMILES string of the molecule is CCc1cc2c(cc1C(C)N)N(CCC(F)(F)F)CCC2(C)C. The molecule has 0 amide bonds. The fraction of sp³-hybridized carbons (Fsp3) is 0.667. The highest BCUT2D eigenvalue weighted by Crippen LogP contribution is 2.42. The van der Waals surface area contributed by atoms with E-state index in [9.17, 15) is 13.2 Å². The number of hydrogen-bond donors (Lipinski definition) is 1. The van der Waals surface area contributed by atoms with E-state index >= 15 is 0 Å². The lowest BCUT2D eigenvalue weighted by atomic mass is 9.75. The van der Waals surface area contributed by atoms with Crippen LogP contribution in [0.1, 0.15) is 63.3 Å². The second-order valence-corrected chi connectivity index (χ2v) is 7.20. The Morgan fingerprint density at radius 1 is 1.30 bits per heavy atom. The van der Waals surface area contributed by atoms with Gasteiger partial charge in [-0.1, -0.05) is 26.8 Å². The molecule has 1 heterocycles. The molecule has 0 radical (unpaired) electrons. The van der Waals surface area contributed by atoms with Crippen LogP contribution in [-0.2, 0) is 11.8 Å². The molecule has 2 N–H and O–H groups in total. The summed E-state index contributed by atoms with van der Waals surface area (Å²) in [7, 11) is 0. The molecule has 0 saturated carbocycles. The number of aryl methyl sites for hydroxylation is 1. The Balaban J connectivity index is 2.45. The van der Waals surface area contributed by atoms with Crippen molar-refractivity contribution in [1.82, 2.24) is 0 Å². The van der Waals surface area contributed by atoms with E-state index in [4.69, 9.17) is 5.73 Å². The van der Waals surface area contributed by atoms with Gasteiger partial charge >= 0.3 is 6.18 Å². The number of rotatable bonds is 4. The molecule has 1 unspecified atom stereocenters. The first-order valence-corrected chi connectivity index (χ1v) is 8.29. The van der Waals surface area contributed by atoms with E-state index in [0.29, 0.717) is 6.54 Å². The molecular formula is C18H27F3N2. The number of benzene rings is 1. The van der Waals surface area contributed by atoms with Gasteiger partial charge in [-0.2, -0.15) is 13.2 Å². The fourth-order valence-electron chi connectivity index (χ4n) is 3.35. The zero-order valence-corrected chi connectivity index (χ0v) is 14.4. The summed E-state index contributed by atoms with van der Waals surface area (Å²) < 4.78 is 37.9. The maximum absolute atomic E-state index is 12.6. The molecule has 1 aromatic carbocycles. The minimum atomic E-state index is -4.12. The molecule has 0 saturated heterocycles. The Kier molecular flexibility index (Phi) is 5.00. The molecule has 0 spiro atoms. The summed E-state index contributed by atoms with van der Waals surface area (Å²) in [5.74, 6) is 0. The lowest BCUT2D eigenvalue weighted by Crippen LogP contribution is -2.39. The molecule has 1 aromatic rings. The normalized spacial score (nSPS) is 18.7. The molecule has 5 heteroatoms. The van der Waals surface area contributed by atoms with Gasteiger partial charge in [-0.25, -0.2) is 0 Å². The second kappa shape index (κ2) is 6.34. The van der Waals surface area contributed by atoms with Crippen molar-refractivity contribution in [2.45, 2.75) is 64.6 Å². The van der Waals surface area contributed by atoms with Crippen molar-refractivity contribution >= 4 is 5.69 Å². The van der Waals surface area contributed by atoms with E-state index in [-0.39, 0.29) is 18.0 Å². The first-order valence-electron chi connectivity index (χ1n) is 8.29. The third kappa shape index (κ3) is 4.00. The third-order valence-corrected chi connectivity index (χ3v) is 4.87. The van der Waals surface area contributed by atoms with Gasteiger partial charge in [0.2, 0.25) is 0 Å². The zero-order chi connectivity index (χ0) is 17.4. The Bertz CT molecular complexity index is 562. The molecule has 0 aliphatic carbocycles. The summed E-state index contributed by atoms with van der Waals surface area (Å²) in [5, 5.41) is 0. The van der Waals surface area contributed by atoms with Crippen molar-refractivity contribution in [3.8, 4) is 0 Å². The molecule has 1 aliphatic heterocycles. The fourth-order valence-corrected chi connectivity index (χ4v) is 3.35. The van der Waals surface area contributed by atoms with Gasteiger partial charge in [-0.3, -0.25) is 0 Å². The lowest BCUT2D eigenvalue weighted by molar-refractivity contribution is -0.132. The van der Waals surface area contributed by atoms with Crippen LogP contribution in [0.2, 0.25) is 0 Å². The van der Waals surface area contributed by atoms with Crippen LogP contribution in [-0.4, -0.2) is 19.3 Å². The summed E-state index contributed by atoms with van der Waals surface area (Å²) >= 11 is 0. The third-order valence-electron chi connectivity index (χ3n) is 4.87. The van der Waals surface area contributed by atoms with Crippen LogP contribution in [0.15, 0.2) is 12.1 Å². The number of halogens is 3. The van der Waals surface area contributed by atoms with Crippen molar-refractivity contribution in [3.05, 3.63) is 28.8 Å². The topological polar surface area (TPSA) is 29.3 Å². The number of hydrogen-bond acceptors (Lipinski definition) is 2. The molecular weight excluding hydrogens is 301 g/mol. The van der Waals surface area contributed by atoms with Gasteiger partial charge in [0.15, 0.2) is 0 Å². The summed E-state index contributed by atoms with van der Waals surface area (Å²) in [6.07, 6.45) is -3.17. The predicted octanol–water partition coefficient (Wildman–Crippen LogP) is 4.71. The number of anilines is 1. The maximum atomic E-state index is 12.6. The summed E-state index contributed by atoms with van der Waals surface area (Å²) in [5.41, 5.74) is 10.4. The highest BCUT2D eigenvalue weighted by Gasteiger charge is 2.34. The number of alkyl halides is 3. The summed E-state index contributed by atoms with van der Waals surface area (Å²) in [6.45, 7) is 9.01. The van der Waals surface area contributed by atoms with Crippen LogP contribution in [0.5, 0.6) is 0 Å². The van der Waals surface area contributed by atoms with Gasteiger partial charge in [0.1, 0.15) is 0 Å². The van der Waals surface area contributed by atoms with Gasteiger partial charge in [0.25, 0.3) is 0 Å². The van der Waals surface area contributed by atoms with E-state index in [1.165, 1.54) is 5.56 Å². The minimum absolute atomic E-state index is 0.0104. The van der Waals surface area contributed by atoms with Crippen molar-refractivity contribution in [2.24, 2.45) is 5.73 Å². The molecule has 130 valence electrons. The quantitative estimate of drug-likeness (QED) is 0.867. The molecule has 1 aliphatic rings. The van der Waals surface area contributed by atoms with Crippen LogP contribution >= 0.6 is 0 Å². The van der Waals surface area contributed by atoms with E-state index < -0.39 is 12.6 Å². The predicted molar refractivity (Wildman–Crippen MR) is 89.0 cm³/mol. The monoisotopic (exact) mass is 328 g/mol. The average Bonchev–Trinajstić information content (AvgIpc) is 2.44. The van der Waals surface area contributed by atoms with Gasteiger partial charge in [-0.05, 0) is 47.9 Å². The van der Waals surface area contributed by atoms with E-state index in [1.807, 2.05) is 17.9 Å². The lowest BCUT2D eigenvalue weighted by Gasteiger charge is -2.41. The highest BCUT2D eigenvalue weighted by molar-refractivity contribution is 5.62. The van der Waals surface area contributed by atoms with Gasteiger partial charge < -0.3 is 10.6 Å². The van der Waals surface area contributed by atoms with Crippen LogP contribution in [0.25, 0.3) is 0 Å². The molecule has 23 heavy (non-hydrogen) atoms. The van der Waals surface area contributed by atoms with Crippen LogP contribution in [0.4, 0.5) is 18.9 Å². The minimum Gasteiger partial charge on any atom is -0.371 e. The van der Waals surface area contributed by atoms with Gasteiger partial charge in [0.05, 0.1) is 6.42 Å². The average molecular weight is 328 g/mol.